The molecule has 3 heterocycles. The molecule has 3 aromatic rings. The lowest BCUT2D eigenvalue weighted by Gasteiger charge is -2.41. The summed E-state index contributed by atoms with van der Waals surface area (Å²) in [5.74, 6) is -0.626. The van der Waals surface area contributed by atoms with Gasteiger partial charge in [-0.2, -0.15) is 9.65 Å². The monoisotopic (exact) mass is 594 g/mol. The van der Waals surface area contributed by atoms with Crippen molar-refractivity contribution in [3.63, 3.8) is 0 Å². The summed E-state index contributed by atoms with van der Waals surface area (Å²) in [6.07, 6.45) is 1.29. The van der Waals surface area contributed by atoms with Crippen LogP contribution in [0, 0.1) is 29.6 Å². The number of rotatable bonds is 8. The van der Waals surface area contributed by atoms with Crippen molar-refractivity contribution >= 4 is 49.6 Å². The summed E-state index contributed by atoms with van der Waals surface area (Å²) in [5.41, 5.74) is 8.09. The van der Waals surface area contributed by atoms with E-state index in [0.29, 0.717) is 62.7 Å². The molecule has 0 saturated heterocycles. The predicted octanol–water partition coefficient (Wildman–Crippen LogP) is 4.10. The highest BCUT2D eigenvalue weighted by Crippen LogP contribution is 2.47. The second kappa shape index (κ2) is 10.6. The maximum absolute atomic E-state index is 14.0. The molecule has 1 atom stereocenters. The maximum Gasteiger partial charge on any atom is 0.262 e. The molecule has 1 fully saturated rings. The highest BCUT2D eigenvalue weighted by Gasteiger charge is 2.56. The van der Waals surface area contributed by atoms with Crippen LogP contribution in [0.1, 0.15) is 56.5 Å². The van der Waals surface area contributed by atoms with Gasteiger partial charge in [0.25, 0.3) is 6.43 Å². The average molecular weight is 595 g/mol. The number of anilines is 2. The molecule has 5 rings (SSSR count). The van der Waals surface area contributed by atoms with Gasteiger partial charge in [0.05, 0.1) is 33.5 Å². The van der Waals surface area contributed by atoms with Gasteiger partial charge in [-0.15, -0.1) is 5.53 Å². The number of fused-ring (bicyclic) bond motifs is 1. The molecule has 4 N–H and O–H groups in total. The van der Waals surface area contributed by atoms with Crippen LogP contribution >= 0.6 is 11.6 Å². The standard InChI is InChI=1S/C28H32B2ClF3N8/c1-14-17(5-6-21(32)37-14)24(20-13-42(41-40-20)27(7-8-27)25(33)34)38-16-9-18-22(39-28(29,30)26(2,3)4)15(11-35)12-36-23(18)19(31)10-16/h5-6,9-10,12-13,24-25,38,40-41H,7-8,29-30H2,1-4H3,(H,36,39)/t24-/m0/s1. The quantitative estimate of drug-likeness (QED) is 0.229. The van der Waals surface area contributed by atoms with Crippen molar-refractivity contribution in [3.05, 3.63) is 70.2 Å². The number of nitriles is 1. The minimum absolute atomic E-state index is 0.163. The van der Waals surface area contributed by atoms with Gasteiger partial charge in [-0.05, 0) is 48.7 Å². The first-order chi connectivity index (χ1) is 19.7. The van der Waals surface area contributed by atoms with E-state index >= 15 is 0 Å². The van der Waals surface area contributed by atoms with E-state index in [1.807, 2.05) is 6.07 Å². The number of pyridine rings is 2. The van der Waals surface area contributed by atoms with Crippen LogP contribution in [0.4, 0.5) is 24.5 Å². The highest BCUT2D eigenvalue weighted by atomic mass is 35.5. The Morgan fingerprint density at radius 3 is 2.52 bits per heavy atom. The van der Waals surface area contributed by atoms with E-state index in [-0.39, 0.29) is 5.41 Å². The Bertz CT molecular complexity index is 1620. The number of nitrogens with zero attached hydrogens (tertiary/aromatic N) is 4. The molecule has 14 heteroatoms. The van der Waals surface area contributed by atoms with E-state index in [0.717, 1.165) is 0 Å². The third kappa shape index (κ3) is 5.34. The van der Waals surface area contributed by atoms with Gasteiger partial charge in [-0.25, -0.2) is 13.8 Å². The number of nitrogens with one attached hydrogen (secondary N) is 4. The fourth-order valence-corrected chi connectivity index (χ4v) is 5.07. The molecular formula is C28H32B2ClF3N8. The number of hydrazine groups is 2. The molecule has 1 aliphatic heterocycles. The Kier molecular flexibility index (Phi) is 7.52. The van der Waals surface area contributed by atoms with Gasteiger partial charge in [-0.3, -0.25) is 9.99 Å². The summed E-state index contributed by atoms with van der Waals surface area (Å²) in [6, 6.07) is 8.01. The van der Waals surface area contributed by atoms with Crippen LogP contribution in [-0.4, -0.2) is 48.0 Å². The Labute approximate surface area is 249 Å². The van der Waals surface area contributed by atoms with Crippen LogP contribution in [0.5, 0.6) is 0 Å². The number of benzene rings is 1. The van der Waals surface area contributed by atoms with Crippen LogP contribution in [0.25, 0.3) is 10.9 Å². The van der Waals surface area contributed by atoms with Crippen LogP contribution in [0.2, 0.25) is 5.02 Å². The first kappa shape index (κ1) is 29.9. The molecule has 2 aliphatic rings. The van der Waals surface area contributed by atoms with Gasteiger partial charge in [0.2, 0.25) is 5.95 Å². The Morgan fingerprint density at radius 2 is 1.93 bits per heavy atom. The fourth-order valence-electron chi connectivity index (χ4n) is 4.81. The zero-order chi connectivity index (χ0) is 30.6. The van der Waals surface area contributed by atoms with Crippen molar-refractivity contribution in [2.45, 2.75) is 63.9 Å². The van der Waals surface area contributed by atoms with E-state index in [9.17, 15) is 18.4 Å². The largest absolute Gasteiger partial charge is 0.393 e. The van der Waals surface area contributed by atoms with Crippen LogP contribution in [0.15, 0.2) is 42.4 Å². The van der Waals surface area contributed by atoms with Crippen molar-refractivity contribution in [1.29, 1.82) is 5.26 Å². The molecule has 2 aromatic heterocycles. The van der Waals surface area contributed by atoms with E-state index in [1.54, 1.807) is 25.3 Å². The molecule has 0 amide bonds. The van der Waals surface area contributed by atoms with Crippen LogP contribution in [-0.2, 0) is 0 Å². The first-order valence-corrected chi connectivity index (χ1v) is 14.1. The third-order valence-corrected chi connectivity index (χ3v) is 8.91. The van der Waals surface area contributed by atoms with Crippen molar-refractivity contribution in [2.75, 3.05) is 10.6 Å². The lowest BCUT2D eigenvalue weighted by molar-refractivity contribution is 0.00911. The van der Waals surface area contributed by atoms with Gasteiger partial charge in [-0.1, -0.05) is 38.4 Å². The van der Waals surface area contributed by atoms with E-state index < -0.39 is 29.3 Å². The summed E-state index contributed by atoms with van der Waals surface area (Å²) in [6.45, 7) is 8.01. The smallest absolute Gasteiger partial charge is 0.262 e. The molecular weight excluding hydrogens is 562 g/mol. The predicted molar refractivity (Wildman–Crippen MR) is 164 cm³/mol. The summed E-state index contributed by atoms with van der Waals surface area (Å²) in [7, 11) is 4.13. The topological polar surface area (TPSA) is 101 Å². The zero-order valence-corrected chi connectivity index (χ0v) is 25.1. The summed E-state index contributed by atoms with van der Waals surface area (Å²) in [4.78, 5) is 8.44. The number of aryl methyl sites for hydroxylation is 1. The number of aromatic nitrogens is 2. The minimum atomic E-state index is -2.53. The Morgan fingerprint density at radius 1 is 1.21 bits per heavy atom. The lowest BCUT2D eigenvalue weighted by atomic mass is 9.49. The number of alkyl halides is 2. The SMILES string of the molecule is BC(B)(Nc1c(C#N)cnc2c(Cl)cc(N[C@H](C3=CN(C4(C(F)F)CC4)NN3)c3ccc(F)nc3C)cc12)C(C)(C)C. The molecule has 1 saturated carbocycles. The second-order valence-electron chi connectivity index (χ2n) is 12.5. The average Bonchev–Trinajstić information content (AvgIpc) is 3.57. The molecule has 8 nitrogen and oxygen atoms in total. The fraction of sp³-hybridized carbons (Fsp3) is 0.393. The molecule has 1 aromatic carbocycles. The number of hydrogen-bond donors (Lipinski definition) is 4. The van der Waals surface area contributed by atoms with Crippen molar-refractivity contribution in [3.8, 4) is 6.07 Å². The van der Waals surface area contributed by atoms with Gasteiger partial charge in [0.15, 0.2) is 0 Å². The van der Waals surface area contributed by atoms with E-state index in [2.05, 4.69) is 74.1 Å². The van der Waals surface area contributed by atoms with Gasteiger partial charge >= 0.3 is 0 Å². The zero-order valence-electron chi connectivity index (χ0n) is 24.3. The van der Waals surface area contributed by atoms with Crippen molar-refractivity contribution in [2.24, 2.45) is 5.41 Å². The second-order valence-corrected chi connectivity index (χ2v) is 12.9. The van der Waals surface area contributed by atoms with Crippen LogP contribution in [0.3, 0.4) is 0 Å². The van der Waals surface area contributed by atoms with Gasteiger partial charge in [0.1, 0.15) is 27.3 Å². The molecule has 0 spiro atoms. The van der Waals surface area contributed by atoms with E-state index in [1.165, 1.54) is 17.3 Å². The Balaban J connectivity index is 1.61. The minimum Gasteiger partial charge on any atom is -0.393 e. The lowest BCUT2D eigenvalue weighted by Crippen LogP contribution is -2.51. The van der Waals surface area contributed by atoms with Crippen molar-refractivity contribution in [1.82, 2.24) is 25.9 Å². The van der Waals surface area contributed by atoms with Gasteiger partial charge < -0.3 is 16.1 Å². The first-order valence-electron chi connectivity index (χ1n) is 13.7. The Hall–Kier alpha value is -3.62. The molecule has 218 valence electrons. The normalized spacial score (nSPS) is 17.0. The van der Waals surface area contributed by atoms with Crippen molar-refractivity contribution < 1.29 is 13.2 Å². The van der Waals surface area contributed by atoms with Gasteiger partial charge in [0, 0.05) is 34.7 Å². The summed E-state index contributed by atoms with van der Waals surface area (Å²) < 4.78 is 41.7. The number of hydrogen-bond acceptors (Lipinski definition) is 8. The highest BCUT2D eigenvalue weighted by molar-refractivity contribution is 6.42. The number of halogens is 4. The molecule has 0 bridgehead atoms. The maximum atomic E-state index is 14.0. The van der Waals surface area contributed by atoms with E-state index in [4.69, 9.17) is 11.6 Å². The molecule has 42 heavy (non-hydrogen) atoms. The molecule has 0 unspecified atom stereocenters. The summed E-state index contributed by atoms with van der Waals surface area (Å²) >= 11 is 6.75. The third-order valence-electron chi connectivity index (χ3n) is 8.62. The molecule has 1 aliphatic carbocycles. The molecule has 0 radical (unpaired) electrons. The summed E-state index contributed by atoms with van der Waals surface area (Å²) in [5, 5.41) is 18.9. The van der Waals surface area contributed by atoms with Crippen LogP contribution < -0.4 is 21.6 Å².